The Kier molecular flexibility index (Phi) is 8.45. The smallest absolute Gasteiger partial charge is 0.291 e. The standard InChI is InChI=1S/C32H48N8O2/c1-30(2,3)16-15-25(22-9-11-23(12-10-22)28(41)33-21-26-35-37-38-36-26)40-29(42)27(39-19-7-8-20-39)34-32(40)17-13-24(14-18-32)31(4,5)6/h9-12,24-25H,7-8,13-21H2,1-6H3,(H,33,41)(H,35,36,37,38)/t24?,25-,32?/m1/s1. The van der Waals surface area contributed by atoms with Crippen molar-refractivity contribution >= 4 is 17.6 Å². The molecule has 10 heteroatoms. The van der Waals surface area contributed by atoms with Gasteiger partial charge in [-0.05, 0) is 85.8 Å². The van der Waals surface area contributed by atoms with Gasteiger partial charge in [-0.2, -0.15) is 5.21 Å². The molecular weight excluding hydrogens is 528 g/mol. The number of nitrogens with one attached hydrogen (secondary N) is 2. The van der Waals surface area contributed by atoms with Crippen molar-refractivity contribution in [2.75, 3.05) is 13.1 Å². The lowest BCUT2D eigenvalue weighted by Gasteiger charge is -2.47. The average Bonchev–Trinajstić information content (AvgIpc) is 3.70. The normalized spacial score (nSPS) is 23.9. The highest BCUT2D eigenvalue weighted by Gasteiger charge is 2.53. The molecule has 0 radical (unpaired) electrons. The zero-order valence-electron chi connectivity index (χ0n) is 26.2. The zero-order chi connectivity index (χ0) is 30.1. The Balaban J connectivity index is 1.44. The van der Waals surface area contributed by atoms with Crippen LogP contribution in [0, 0.1) is 16.7 Å². The Labute approximate surface area is 250 Å². The fraction of sp³-hybridized carbons (Fsp3) is 0.688. The van der Waals surface area contributed by atoms with E-state index in [1.54, 1.807) is 0 Å². The lowest BCUT2D eigenvalue weighted by molar-refractivity contribution is -0.134. The molecule has 2 amide bonds. The van der Waals surface area contributed by atoms with Gasteiger partial charge in [0.05, 0.1) is 12.6 Å². The first kappa shape index (κ1) is 30.2. The van der Waals surface area contributed by atoms with Crippen molar-refractivity contribution < 1.29 is 9.59 Å². The van der Waals surface area contributed by atoms with Crippen LogP contribution in [0.25, 0.3) is 0 Å². The van der Waals surface area contributed by atoms with Crippen LogP contribution in [0.4, 0.5) is 0 Å². The number of nitrogens with zero attached hydrogens (tertiary/aromatic N) is 6. The maximum Gasteiger partial charge on any atom is 0.291 e. The van der Waals surface area contributed by atoms with Crippen LogP contribution in [0.3, 0.4) is 0 Å². The van der Waals surface area contributed by atoms with Crippen LogP contribution in [0.5, 0.6) is 0 Å². The Morgan fingerprint density at radius 2 is 1.74 bits per heavy atom. The highest BCUT2D eigenvalue weighted by molar-refractivity contribution is 6.39. The third-order valence-corrected chi connectivity index (χ3v) is 9.42. The van der Waals surface area contributed by atoms with Crippen molar-refractivity contribution in [3.8, 4) is 0 Å². The molecule has 1 aliphatic carbocycles. The SMILES string of the molecule is CC(C)(C)CC[C@H](c1ccc(C(=O)NCc2nn[nH]n2)cc1)N1C(=O)C(N2CCCC2)=NC12CCC(C(C)(C)C)CC2. The number of benzene rings is 1. The molecule has 2 aliphatic heterocycles. The molecule has 1 spiro atoms. The Bertz CT molecular complexity index is 1260. The summed E-state index contributed by atoms with van der Waals surface area (Å²) in [6, 6.07) is 7.63. The van der Waals surface area contributed by atoms with Gasteiger partial charge in [0.1, 0.15) is 5.66 Å². The van der Waals surface area contributed by atoms with Crippen LogP contribution in [0.15, 0.2) is 29.3 Å². The highest BCUT2D eigenvalue weighted by atomic mass is 16.2. The van der Waals surface area contributed by atoms with Crippen LogP contribution in [-0.2, 0) is 11.3 Å². The van der Waals surface area contributed by atoms with Crippen molar-refractivity contribution in [1.82, 2.24) is 35.7 Å². The molecule has 1 saturated heterocycles. The van der Waals surface area contributed by atoms with E-state index in [0.717, 1.165) is 70.0 Å². The number of aromatic nitrogens is 4. The van der Waals surface area contributed by atoms with Crippen LogP contribution >= 0.6 is 0 Å². The number of likely N-dealkylation sites (tertiary alicyclic amines) is 1. The maximum absolute atomic E-state index is 14.4. The molecule has 1 saturated carbocycles. The summed E-state index contributed by atoms with van der Waals surface area (Å²) in [7, 11) is 0. The minimum atomic E-state index is -0.514. The van der Waals surface area contributed by atoms with Crippen LogP contribution in [0.2, 0.25) is 0 Å². The average molecular weight is 577 g/mol. The molecule has 1 aromatic heterocycles. The van der Waals surface area contributed by atoms with Crippen LogP contribution in [0.1, 0.15) is 121 Å². The topological polar surface area (TPSA) is 119 Å². The first-order chi connectivity index (χ1) is 19.9. The second-order valence-electron chi connectivity index (χ2n) is 14.7. The number of hydrogen-bond donors (Lipinski definition) is 2. The summed E-state index contributed by atoms with van der Waals surface area (Å²) in [5.74, 6) is 1.58. The van der Waals surface area contributed by atoms with E-state index in [1.165, 1.54) is 0 Å². The van der Waals surface area contributed by atoms with Gasteiger partial charge in [-0.3, -0.25) is 9.59 Å². The Hall–Kier alpha value is -3.30. The fourth-order valence-electron chi connectivity index (χ4n) is 6.85. The lowest BCUT2D eigenvalue weighted by atomic mass is 9.69. The van der Waals surface area contributed by atoms with Gasteiger partial charge >= 0.3 is 0 Å². The van der Waals surface area contributed by atoms with Gasteiger partial charge in [0, 0.05) is 18.7 Å². The Morgan fingerprint density at radius 1 is 1.07 bits per heavy atom. The molecule has 2 N–H and O–H groups in total. The van der Waals surface area contributed by atoms with Gasteiger partial charge in [-0.1, -0.05) is 58.9 Å². The number of carbonyl (C=O) groups excluding carboxylic acids is 2. The molecule has 42 heavy (non-hydrogen) atoms. The number of H-pyrrole nitrogens is 1. The summed E-state index contributed by atoms with van der Waals surface area (Å²) < 4.78 is 0. The first-order valence-corrected chi connectivity index (χ1v) is 15.7. The van der Waals surface area contributed by atoms with E-state index in [4.69, 9.17) is 4.99 Å². The molecule has 2 fully saturated rings. The summed E-state index contributed by atoms with van der Waals surface area (Å²) in [4.78, 5) is 37.0. The number of aliphatic imine (C=N–C) groups is 1. The van der Waals surface area contributed by atoms with E-state index in [-0.39, 0.29) is 35.2 Å². The van der Waals surface area contributed by atoms with Crippen LogP contribution < -0.4 is 5.32 Å². The predicted molar refractivity (Wildman–Crippen MR) is 162 cm³/mol. The van der Waals surface area contributed by atoms with E-state index < -0.39 is 5.66 Å². The number of aromatic amines is 1. The molecule has 1 aromatic carbocycles. The monoisotopic (exact) mass is 576 g/mol. The number of tetrazole rings is 1. The molecule has 2 aromatic rings. The summed E-state index contributed by atoms with van der Waals surface area (Å²) in [5, 5.41) is 16.6. The van der Waals surface area contributed by atoms with Crippen molar-refractivity contribution in [1.29, 1.82) is 0 Å². The molecule has 10 nitrogen and oxygen atoms in total. The first-order valence-electron chi connectivity index (χ1n) is 15.7. The summed E-state index contributed by atoms with van der Waals surface area (Å²) in [5.41, 5.74) is 1.45. The molecular formula is C32H48N8O2. The van der Waals surface area contributed by atoms with Gasteiger partial charge in [0.15, 0.2) is 11.7 Å². The van der Waals surface area contributed by atoms with Gasteiger partial charge < -0.3 is 15.1 Å². The Morgan fingerprint density at radius 3 is 2.31 bits per heavy atom. The molecule has 3 heterocycles. The predicted octanol–water partition coefficient (Wildman–Crippen LogP) is 5.27. The van der Waals surface area contributed by atoms with E-state index in [9.17, 15) is 9.59 Å². The third kappa shape index (κ3) is 6.52. The number of rotatable bonds is 7. The van der Waals surface area contributed by atoms with E-state index in [2.05, 4.69) is 77.3 Å². The third-order valence-electron chi connectivity index (χ3n) is 9.42. The van der Waals surface area contributed by atoms with E-state index in [1.807, 2.05) is 24.3 Å². The number of amidine groups is 1. The zero-order valence-corrected chi connectivity index (χ0v) is 26.2. The quantitative estimate of drug-likeness (QED) is 0.464. The van der Waals surface area contributed by atoms with Crippen molar-refractivity contribution in [3.05, 3.63) is 41.2 Å². The van der Waals surface area contributed by atoms with Gasteiger partial charge in [-0.15, -0.1) is 10.2 Å². The second kappa shape index (κ2) is 11.8. The minimum Gasteiger partial charge on any atom is -0.352 e. The maximum atomic E-state index is 14.4. The van der Waals surface area contributed by atoms with Crippen molar-refractivity contribution in [2.24, 2.45) is 21.7 Å². The molecule has 0 bridgehead atoms. The minimum absolute atomic E-state index is 0.0759. The summed E-state index contributed by atoms with van der Waals surface area (Å²) in [6.07, 6.45) is 7.93. The van der Waals surface area contributed by atoms with E-state index in [0.29, 0.717) is 23.1 Å². The van der Waals surface area contributed by atoms with E-state index >= 15 is 0 Å². The highest BCUT2D eigenvalue weighted by Crippen LogP contribution is 2.50. The van der Waals surface area contributed by atoms with Gasteiger partial charge in [0.2, 0.25) is 0 Å². The largest absolute Gasteiger partial charge is 0.352 e. The number of hydrogen-bond acceptors (Lipinski definition) is 7. The molecule has 228 valence electrons. The van der Waals surface area contributed by atoms with Crippen molar-refractivity contribution in [3.63, 3.8) is 0 Å². The lowest BCUT2D eigenvalue weighted by Crippen LogP contribution is -2.52. The summed E-state index contributed by atoms with van der Waals surface area (Å²) >= 11 is 0. The molecule has 1 atom stereocenters. The number of amides is 2. The van der Waals surface area contributed by atoms with Crippen LogP contribution in [-0.4, -0.2) is 66.8 Å². The molecule has 5 rings (SSSR count). The van der Waals surface area contributed by atoms with Gasteiger partial charge in [0.25, 0.3) is 11.8 Å². The second-order valence-corrected chi connectivity index (χ2v) is 14.7. The van der Waals surface area contributed by atoms with Gasteiger partial charge in [-0.25, -0.2) is 4.99 Å². The fourth-order valence-corrected chi connectivity index (χ4v) is 6.85. The molecule has 3 aliphatic rings. The molecule has 0 unspecified atom stereocenters. The number of carbonyl (C=O) groups is 2. The summed E-state index contributed by atoms with van der Waals surface area (Å²) in [6.45, 7) is 15.8. The van der Waals surface area contributed by atoms with Crippen molar-refractivity contribution in [2.45, 2.75) is 111 Å².